The maximum atomic E-state index is 14.1. The van der Waals surface area contributed by atoms with Crippen molar-refractivity contribution in [3.63, 3.8) is 0 Å². The summed E-state index contributed by atoms with van der Waals surface area (Å²) in [6.07, 6.45) is 0.371. The molecule has 3 aromatic rings. The third-order valence-corrected chi connectivity index (χ3v) is 8.55. The summed E-state index contributed by atoms with van der Waals surface area (Å²) in [5.41, 5.74) is 2.57. The van der Waals surface area contributed by atoms with E-state index in [2.05, 4.69) is 15.9 Å². The molecule has 0 fully saturated rings. The van der Waals surface area contributed by atoms with E-state index < -0.39 is 21.8 Å². The molecule has 1 aliphatic heterocycles. The van der Waals surface area contributed by atoms with Crippen LogP contribution in [-0.2, 0) is 22.4 Å². The second-order valence-electron chi connectivity index (χ2n) is 9.41. The lowest BCUT2D eigenvalue weighted by Gasteiger charge is -2.40. The molecule has 0 radical (unpaired) electrons. The molecule has 0 spiro atoms. The second-order valence-corrected chi connectivity index (χ2v) is 12.1. The van der Waals surface area contributed by atoms with Crippen molar-refractivity contribution in [3.8, 4) is 11.1 Å². The number of anilines is 1. The first kappa shape index (κ1) is 24.8. The summed E-state index contributed by atoms with van der Waals surface area (Å²) in [7, 11) is -4.00. The maximum absolute atomic E-state index is 14.1. The summed E-state index contributed by atoms with van der Waals surface area (Å²) in [5.74, 6) is -3.52. The van der Waals surface area contributed by atoms with Crippen LogP contribution in [0, 0.1) is 11.2 Å². The number of fused-ring (bicyclic) bond motifs is 1. The van der Waals surface area contributed by atoms with Crippen molar-refractivity contribution >= 4 is 31.6 Å². The van der Waals surface area contributed by atoms with Gasteiger partial charge in [-0.25, -0.2) is 21.6 Å². The van der Waals surface area contributed by atoms with Gasteiger partial charge < -0.3 is 0 Å². The highest BCUT2D eigenvalue weighted by Gasteiger charge is 2.37. The Bertz CT molecular complexity index is 1340. The SMILES string of the molecule is CCC(F)(F)c1ccc(-c2ccc3c(c2)CC(C)(C)CN3S(=O)(=O)c2ccc(Br)c(F)c2)cc1. The lowest BCUT2D eigenvalue weighted by Crippen LogP contribution is -2.44. The van der Waals surface area contributed by atoms with E-state index in [1.54, 1.807) is 24.3 Å². The molecule has 0 N–H and O–H groups in total. The molecule has 3 aromatic carbocycles. The van der Waals surface area contributed by atoms with E-state index in [1.807, 2.05) is 19.9 Å². The molecule has 3 nitrogen and oxygen atoms in total. The average molecular weight is 552 g/mol. The minimum Gasteiger partial charge on any atom is -0.266 e. The zero-order valence-electron chi connectivity index (χ0n) is 19.1. The summed E-state index contributed by atoms with van der Waals surface area (Å²) in [5, 5.41) is 0. The molecule has 0 aromatic heterocycles. The predicted octanol–water partition coefficient (Wildman–Crippen LogP) is 7.53. The van der Waals surface area contributed by atoms with Gasteiger partial charge in [0.2, 0.25) is 0 Å². The van der Waals surface area contributed by atoms with Gasteiger partial charge in [0, 0.05) is 18.5 Å². The van der Waals surface area contributed by atoms with Crippen LogP contribution in [0.4, 0.5) is 18.9 Å². The number of alkyl halides is 2. The molecule has 0 aliphatic carbocycles. The molecule has 1 aliphatic rings. The topological polar surface area (TPSA) is 37.4 Å². The Morgan fingerprint density at radius 1 is 1.00 bits per heavy atom. The highest BCUT2D eigenvalue weighted by molar-refractivity contribution is 9.10. The standard InChI is InChI=1S/C26H25BrF3NO2S/c1-4-26(29,30)20-8-5-17(6-9-20)18-7-12-24-19(13-18)15-25(2,3)16-31(24)34(32,33)21-10-11-22(27)23(28)14-21/h5-14H,4,15-16H2,1-3H3. The quantitative estimate of drug-likeness (QED) is 0.328. The molecule has 4 rings (SSSR count). The minimum absolute atomic E-state index is 0.0307. The van der Waals surface area contributed by atoms with Crippen molar-refractivity contribution in [2.45, 2.75) is 44.4 Å². The van der Waals surface area contributed by atoms with Gasteiger partial charge in [0.15, 0.2) is 0 Å². The Morgan fingerprint density at radius 3 is 2.26 bits per heavy atom. The Labute approximate surface area is 206 Å². The van der Waals surface area contributed by atoms with Crippen LogP contribution in [-0.4, -0.2) is 15.0 Å². The van der Waals surface area contributed by atoms with Gasteiger partial charge in [0.25, 0.3) is 15.9 Å². The fourth-order valence-corrected chi connectivity index (χ4v) is 6.24. The van der Waals surface area contributed by atoms with E-state index >= 15 is 0 Å². The van der Waals surface area contributed by atoms with Gasteiger partial charge in [-0.1, -0.05) is 51.1 Å². The second kappa shape index (κ2) is 8.72. The van der Waals surface area contributed by atoms with Crippen molar-refractivity contribution in [1.82, 2.24) is 0 Å². The molecule has 34 heavy (non-hydrogen) atoms. The highest BCUT2D eigenvalue weighted by Crippen LogP contribution is 2.41. The fraction of sp³-hybridized carbons (Fsp3) is 0.308. The van der Waals surface area contributed by atoms with Crippen LogP contribution in [0.1, 0.15) is 38.3 Å². The number of nitrogens with zero attached hydrogens (tertiary/aromatic N) is 1. The molecular weight excluding hydrogens is 527 g/mol. The molecule has 0 amide bonds. The van der Waals surface area contributed by atoms with Crippen LogP contribution in [0.5, 0.6) is 0 Å². The van der Waals surface area contributed by atoms with Crippen molar-refractivity contribution < 1.29 is 21.6 Å². The van der Waals surface area contributed by atoms with E-state index in [1.165, 1.54) is 35.5 Å². The summed E-state index contributed by atoms with van der Waals surface area (Å²) >= 11 is 3.06. The Kier molecular flexibility index (Phi) is 6.36. The van der Waals surface area contributed by atoms with Crippen LogP contribution in [0.15, 0.2) is 70.0 Å². The predicted molar refractivity (Wildman–Crippen MR) is 132 cm³/mol. The van der Waals surface area contributed by atoms with Gasteiger partial charge in [-0.3, -0.25) is 4.31 Å². The van der Waals surface area contributed by atoms with Gasteiger partial charge in [-0.05, 0) is 74.8 Å². The van der Waals surface area contributed by atoms with Gasteiger partial charge in [-0.15, -0.1) is 0 Å². The molecule has 180 valence electrons. The van der Waals surface area contributed by atoms with Crippen molar-refractivity contribution in [2.24, 2.45) is 5.41 Å². The van der Waals surface area contributed by atoms with Crippen molar-refractivity contribution in [2.75, 3.05) is 10.8 Å². The zero-order chi connectivity index (χ0) is 24.9. The van der Waals surface area contributed by atoms with E-state index in [0.29, 0.717) is 12.1 Å². The number of halogens is 4. The van der Waals surface area contributed by atoms with E-state index in [-0.39, 0.29) is 33.3 Å². The van der Waals surface area contributed by atoms with Crippen LogP contribution in [0.2, 0.25) is 0 Å². The summed E-state index contributed by atoms with van der Waals surface area (Å²) < 4.78 is 70.6. The number of hydrogen-bond donors (Lipinski definition) is 0. The van der Waals surface area contributed by atoms with E-state index in [4.69, 9.17) is 0 Å². The first-order valence-electron chi connectivity index (χ1n) is 10.9. The largest absolute Gasteiger partial charge is 0.273 e. The first-order valence-corrected chi connectivity index (χ1v) is 13.2. The molecule has 0 bridgehead atoms. The summed E-state index contributed by atoms with van der Waals surface area (Å²) in [6, 6.07) is 15.4. The third-order valence-electron chi connectivity index (χ3n) is 6.15. The smallest absolute Gasteiger partial charge is 0.266 e. The first-order chi connectivity index (χ1) is 15.8. The Balaban J connectivity index is 1.75. The average Bonchev–Trinajstić information content (AvgIpc) is 2.79. The van der Waals surface area contributed by atoms with Crippen LogP contribution in [0.25, 0.3) is 11.1 Å². The number of benzene rings is 3. The van der Waals surface area contributed by atoms with E-state index in [9.17, 15) is 21.6 Å². The molecule has 1 heterocycles. The van der Waals surface area contributed by atoms with Gasteiger partial charge >= 0.3 is 0 Å². The Morgan fingerprint density at radius 2 is 1.65 bits per heavy atom. The van der Waals surface area contributed by atoms with Gasteiger partial charge in [0.1, 0.15) is 5.82 Å². The zero-order valence-corrected chi connectivity index (χ0v) is 21.5. The normalized spacial score (nSPS) is 15.8. The monoisotopic (exact) mass is 551 g/mol. The summed E-state index contributed by atoms with van der Waals surface area (Å²) in [4.78, 5) is -0.117. The number of hydrogen-bond acceptors (Lipinski definition) is 2. The minimum atomic E-state index is -4.00. The molecule has 0 unspecified atom stereocenters. The van der Waals surface area contributed by atoms with Crippen molar-refractivity contribution in [3.05, 3.63) is 82.1 Å². The van der Waals surface area contributed by atoms with Gasteiger partial charge in [-0.2, -0.15) is 0 Å². The van der Waals surface area contributed by atoms with Gasteiger partial charge in [0.05, 0.1) is 15.1 Å². The van der Waals surface area contributed by atoms with Crippen LogP contribution in [0.3, 0.4) is 0 Å². The molecule has 0 saturated carbocycles. The van der Waals surface area contributed by atoms with Crippen LogP contribution >= 0.6 is 15.9 Å². The van der Waals surface area contributed by atoms with Crippen LogP contribution < -0.4 is 4.31 Å². The van der Waals surface area contributed by atoms with E-state index in [0.717, 1.165) is 22.8 Å². The third kappa shape index (κ3) is 4.62. The summed E-state index contributed by atoms with van der Waals surface area (Å²) in [6.45, 7) is 5.66. The maximum Gasteiger partial charge on any atom is 0.273 e. The highest BCUT2D eigenvalue weighted by atomic mass is 79.9. The molecule has 8 heteroatoms. The number of sulfonamides is 1. The molecule has 0 saturated heterocycles. The van der Waals surface area contributed by atoms with Crippen molar-refractivity contribution in [1.29, 1.82) is 0 Å². The molecule has 0 atom stereocenters. The lowest BCUT2D eigenvalue weighted by molar-refractivity contribution is -0.00827. The Hall–Kier alpha value is -2.32. The number of rotatable bonds is 5. The lowest BCUT2D eigenvalue weighted by atomic mass is 9.81. The molecular formula is C26H25BrF3NO2S. The fourth-order valence-electron chi connectivity index (χ4n) is 4.29.